The molecule has 2 aromatic carbocycles. The minimum atomic E-state index is -2.80. The van der Waals surface area contributed by atoms with Gasteiger partial charge in [-0.25, -0.2) is 9.79 Å². The molecule has 200 valence electrons. The van der Waals surface area contributed by atoms with E-state index in [2.05, 4.69) is 49.9 Å². The fraction of sp³-hybridized carbons (Fsp3) is 0.600. The number of anilines is 1. The molecule has 0 bridgehead atoms. The molecular formula is C30H47NO4P+. The molecule has 2 N–H and O–H groups in total. The molecule has 2 aromatic rings. The summed E-state index contributed by atoms with van der Waals surface area (Å²) in [7, 11) is -1.06. The lowest BCUT2D eigenvalue weighted by Crippen LogP contribution is -2.36. The van der Waals surface area contributed by atoms with Crippen molar-refractivity contribution in [3.63, 3.8) is 0 Å². The van der Waals surface area contributed by atoms with Crippen LogP contribution in [-0.2, 0) is 6.42 Å². The summed E-state index contributed by atoms with van der Waals surface area (Å²) < 4.78 is 11.7. The van der Waals surface area contributed by atoms with Crippen molar-refractivity contribution in [3.05, 3.63) is 53.6 Å². The van der Waals surface area contributed by atoms with Crippen molar-refractivity contribution < 1.29 is 19.3 Å². The first kappa shape index (κ1) is 28.8. The Morgan fingerprint density at radius 2 is 1.78 bits per heavy atom. The van der Waals surface area contributed by atoms with Crippen LogP contribution in [0.4, 0.5) is 5.69 Å². The molecule has 1 fully saturated rings. The molecule has 0 unspecified atom stereocenters. The first-order valence-electron chi connectivity index (χ1n) is 13.4. The van der Waals surface area contributed by atoms with Crippen molar-refractivity contribution in [1.82, 2.24) is 0 Å². The van der Waals surface area contributed by atoms with E-state index in [4.69, 9.17) is 9.47 Å². The lowest BCUT2D eigenvalue weighted by atomic mass is 9.88. The van der Waals surface area contributed by atoms with Gasteiger partial charge in [0.25, 0.3) is 7.72 Å². The van der Waals surface area contributed by atoms with E-state index >= 15 is 0 Å². The second-order valence-corrected chi connectivity index (χ2v) is 14.4. The zero-order valence-corrected chi connectivity index (χ0v) is 24.1. The molecule has 0 spiro atoms. The number of methoxy groups -OCH3 is 1. The third-order valence-electron chi connectivity index (χ3n) is 7.15. The Morgan fingerprint density at radius 3 is 2.42 bits per heavy atom. The minimum absolute atomic E-state index is 0.0885. The standard InChI is InChI=1S/C30H47NO4P/c1-23(22-36(6,32)33)26-9-7-11-28(19-26)35-21-24-14-17-31(18-15-24)29-20-27(34-5)13-12-25(29)10-8-16-30(2,3)4/h7,9,11-13,19-20,23-24,32-33H,8,10,14-18,21-22H2,1-6H3/q+1/t23-/m0/s1. The summed E-state index contributed by atoms with van der Waals surface area (Å²) in [4.78, 5) is 22.2. The summed E-state index contributed by atoms with van der Waals surface area (Å²) in [5, 5.41) is 0. The number of hydrogen-bond donors (Lipinski definition) is 2. The largest absolute Gasteiger partial charge is 0.497 e. The van der Waals surface area contributed by atoms with Crippen molar-refractivity contribution in [2.75, 3.05) is 44.5 Å². The van der Waals surface area contributed by atoms with Gasteiger partial charge in [-0.05, 0) is 72.8 Å². The van der Waals surface area contributed by atoms with Crippen LogP contribution in [0.2, 0.25) is 0 Å². The predicted octanol–water partition coefficient (Wildman–Crippen LogP) is 6.92. The minimum Gasteiger partial charge on any atom is -0.497 e. The van der Waals surface area contributed by atoms with Crippen LogP contribution in [-0.4, -0.2) is 49.4 Å². The molecule has 0 aliphatic carbocycles. The summed E-state index contributed by atoms with van der Waals surface area (Å²) in [6, 6.07) is 14.6. The molecule has 0 aromatic heterocycles. The maximum atomic E-state index is 9.84. The number of nitrogens with zero attached hydrogens (tertiary/aromatic N) is 1. The predicted molar refractivity (Wildman–Crippen MR) is 153 cm³/mol. The van der Waals surface area contributed by atoms with Gasteiger partial charge in [0, 0.05) is 30.8 Å². The van der Waals surface area contributed by atoms with Gasteiger partial charge in [-0.15, -0.1) is 0 Å². The van der Waals surface area contributed by atoms with Gasteiger partial charge in [-0.1, -0.05) is 45.9 Å². The second-order valence-electron chi connectivity index (χ2n) is 11.9. The molecule has 36 heavy (non-hydrogen) atoms. The fourth-order valence-corrected chi connectivity index (χ4v) is 6.32. The Morgan fingerprint density at radius 1 is 1.06 bits per heavy atom. The van der Waals surface area contributed by atoms with Crippen LogP contribution in [0.5, 0.6) is 11.5 Å². The zero-order chi connectivity index (χ0) is 26.3. The number of piperidine rings is 1. The average molecular weight is 517 g/mol. The van der Waals surface area contributed by atoms with E-state index in [0.717, 1.165) is 49.4 Å². The smallest absolute Gasteiger partial charge is 0.265 e. The zero-order valence-electron chi connectivity index (χ0n) is 23.2. The monoisotopic (exact) mass is 516 g/mol. The molecule has 1 heterocycles. The fourth-order valence-electron chi connectivity index (χ4n) is 5.08. The van der Waals surface area contributed by atoms with Gasteiger partial charge in [0.1, 0.15) is 24.3 Å². The Hall–Kier alpha value is -1.81. The normalized spacial score (nSPS) is 16.2. The number of aryl methyl sites for hydroxylation is 1. The van der Waals surface area contributed by atoms with Crippen LogP contribution in [0.3, 0.4) is 0 Å². The lowest BCUT2D eigenvalue weighted by molar-refractivity contribution is 0.222. The van der Waals surface area contributed by atoms with Crippen molar-refractivity contribution in [3.8, 4) is 11.5 Å². The van der Waals surface area contributed by atoms with E-state index < -0.39 is 7.72 Å². The number of rotatable bonds is 11. The van der Waals surface area contributed by atoms with Crippen LogP contribution >= 0.6 is 7.72 Å². The molecular weight excluding hydrogens is 469 g/mol. The van der Waals surface area contributed by atoms with E-state index in [0.29, 0.717) is 24.1 Å². The van der Waals surface area contributed by atoms with Crippen molar-refractivity contribution in [2.45, 2.75) is 65.7 Å². The van der Waals surface area contributed by atoms with E-state index in [9.17, 15) is 9.79 Å². The third-order valence-corrected chi connectivity index (χ3v) is 8.39. The van der Waals surface area contributed by atoms with Crippen LogP contribution in [0, 0.1) is 11.3 Å². The van der Waals surface area contributed by atoms with Crippen LogP contribution in [0.15, 0.2) is 42.5 Å². The summed E-state index contributed by atoms with van der Waals surface area (Å²) >= 11 is 0. The van der Waals surface area contributed by atoms with Gasteiger partial charge in [-0.3, -0.25) is 0 Å². The van der Waals surface area contributed by atoms with Crippen LogP contribution in [0.1, 0.15) is 70.4 Å². The SMILES string of the molecule is COc1ccc(CCCC(C)(C)C)c(N2CCC(COc3cccc([C@@H](C)C[P+](C)(O)O)c3)CC2)c1. The van der Waals surface area contributed by atoms with Gasteiger partial charge in [0.2, 0.25) is 0 Å². The van der Waals surface area contributed by atoms with Crippen molar-refractivity contribution >= 4 is 13.4 Å². The topological polar surface area (TPSA) is 62.2 Å². The molecule has 6 heteroatoms. The number of ether oxygens (including phenoxy) is 2. The molecule has 0 saturated carbocycles. The highest BCUT2D eigenvalue weighted by molar-refractivity contribution is 7.63. The summed E-state index contributed by atoms with van der Waals surface area (Å²) in [5.74, 6) is 2.41. The average Bonchev–Trinajstić information content (AvgIpc) is 2.81. The maximum absolute atomic E-state index is 9.84. The second kappa shape index (κ2) is 12.6. The highest BCUT2D eigenvalue weighted by Crippen LogP contribution is 2.48. The Bertz CT molecular complexity index is 958. The molecule has 0 radical (unpaired) electrons. The molecule has 1 atom stereocenters. The summed E-state index contributed by atoms with van der Waals surface area (Å²) in [6.07, 6.45) is 6.12. The van der Waals surface area contributed by atoms with Gasteiger partial charge >= 0.3 is 0 Å². The summed E-state index contributed by atoms with van der Waals surface area (Å²) in [5.41, 5.74) is 4.20. The van der Waals surface area contributed by atoms with Crippen molar-refractivity contribution in [1.29, 1.82) is 0 Å². The number of benzene rings is 2. The maximum Gasteiger partial charge on any atom is 0.265 e. The summed E-state index contributed by atoms with van der Waals surface area (Å²) in [6.45, 7) is 13.3. The van der Waals surface area contributed by atoms with Crippen LogP contribution in [0.25, 0.3) is 0 Å². The van der Waals surface area contributed by atoms with E-state index in [1.807, 2.05) is 25.1 Å². The Kier molecular flexibility index (Phi) is 10.1. The van der Waals surface area contributed by atoms with Gasteiger partial charge in [-0.2, -0.15) is 0 Å². The first-order chi connectivity index (χ1) is 16.9. The molecule has 1 aliphatic heterocycles. The molecule has 1 saturated heterocycles. The van der Waals surface area contributed by atoms with Gasteiger partial charge < -0.3 is 14.4 Å². The van der Waals surface area contributed by atoms with Gasteiger partial charge in [0.15, 0.2) is 0 Å². The number of hydrogen-bond acceptors (Lipinski definition) is 5. The third kappa shape index (κ3) is 9.25. The first-order valence-corrected chi connectivity index (χ1v) is 15.7. The molecule has 3 rings (SSSR count). The highest BCUT2D eigenvalue weighted by Gasteiger charge is 2.29. The highest BCUT2D eigenvalue weighted by atomic mass is 31.2. The van der Waals surface area contributed by atoms with E-state index in [1.165, 1.54) is 30.8 Å². The molecule has 1 aliphatic rings. The molecule has 5 nitrogen and oxygen atoms in total. The quantitative estimate of drug-likeness (QED) is 0.317. The Labute approximate surface area is 219 Å². The van der Waals surface area contributed by atoms with Gasteiger partial charge in [0.05, 0.1) is 13.7 Å². The van der Waals surface area contributed by atoms with Crippen molar-refractivity contribution in [2.24, 2.45) is 11.3 Å². The van der Waals surface area contributed by atoms with E-state index in [-0.39, 0.29) is 5.92 Å². The molecule has 0 amide bonds. The van der Waals surface area contributed by atoms with E-state index in [1.54, 1.807) is 7.11 Å². The van der Waals surface area contributed by atoms with Crippen LogP contribution < -0.4 is 14.4 Å². The Balaban J connectivity index is 1.55. The lowest BCUT2D eigenvalue weighted by Gasteiger charge is -2.35.